The molecule has 0 atom stereocenters. The number of hydrogen-bond donors (Lipinski definition) is 1. The van der Waals surface area contributed by atoms with Crippen LogP contribution in [0.2, 0.25) is 0 Å². The highest BCUT2D eigenvalue weighted by molar-refractivity contribution is 9.10. The molecule has 2 N–H and O–H groups in total. The molecule has 21 heavy (non-hydrogen) atoms. The molecule has 5 nitrogen and oxygen atoms in total. The van der Waals surface area contributed by atoms with Crippen LogP contribution in [0.25, 0.3) is 11.5 Å². The predicted molar refractivity (Wildman–Crippen MR) is 82.6 cm³/mol. The van der Waals surface area contributed by atoms with E-state index in [0.717, 1.165) is 10.2 Å². The Hall–Kier alpha value is -2.34. The molecule has 0 aliphatic carbocycles. The summed E-state index contributed by atoms with van der Waals surface area (Å²) in [5.74, 6) is 1.60. The number of aromatic nitrogens is 2. The zero-order valence-electron chi connectivity index (χ0n) is 11.0. The van der Waals surface area contributed by atoms with Gasteiger partial charge in [-0.2, -0.15) is 4.98 Å². The number of anilines is 1. The maximum Gasteiger partial charge on any atom is 0.260 e. The normalized spacial score (nSPS) is 10.5. The van der Waals surface area contributed by atoms with Crippen molar-refractivity contribution in [3.63, 3.8) is 0 Å². The van der Waals surface area contributed by atoms with Crippen LogP contribution in [0.1, 0.15) is 5.82 Å². The molecule has 3 aromatic rings. The summed E-state index contributed by atoms with van der Waals surface area (Å²) in [6.07, 6.45) is 0. The van der Waals surface area contributed by atoms with Crippen molar-refractivity contribution in [3.05, 3.63) is 58.8 Å². The fraction of sp³-hybridized carbons (Fsp3) is 0.0667. The Morgan fingerprint density at radius 1 is 1.14 bits per heavy atom. The van der Waals surface area contributed by atoms with E-state index in [4.69, 9.17) is 15.0 Å². The van der Waals surface area contributed by atoms with Crippen LogP contribution in [-0.2, 0) is 6.61 Å². The van der Waals surface area contributed by atoms with Crippen LogP contribution in [0.4, 0.5) is 5.69 Å². The number of nitrogens with zero attached hydrogens (tertiary/aromatic N) is 2. The number of ether oxygens (including phenoxy) is 1. The number of benzene rings is 2. The molecule has 1 aromatic heterocycles. The molecule has 106 valence electrons. The number of nitrogen functional groups attached to an aromatic ring is 1. The van der Waals surface area contributed by atoms with E-state index in [9.17, 15) is 0 Å². The smallest absolute Gasteiger partial charge is 0.260 e. The summed E-state index contributed by atoms with van der Waals surface area (Å²) >= 11 is 3.39. The van der Waals surface area contributed by atoms with Crippen LogP contribution in [0.5, 0.6) is 5.75 Å². The van der Waals surface area contributed by atoms with Gasteiger partial charge in [-0.05, 0) is 30.3 Å². The second kappa shape index (κ2) is 5.97. The molecule has 0 aliphatic rings. The molecule has 2 aromatic carbocycles. The van der Waals surface area contributed by atoms with Gasteiger partial charge in [0.15, 0.2) is 6.61 Å². The van der Waals surface area contributed by atoms with Crippen molar-refractivity contribution in [2.75, 3.05) is 5.73 Å². The third-order valence-corrected chi connectivity index (χ3v) is 3.32. The number of nitrogens with two attached hydrogens (primary N) is 1. The third-order valence-electron chi connectivity index (χ3n) is 2.82. The van der Waals surface area contributed by atoms with Crippen molar-refractivity contribution in [2.45, 2.75) is 6.61 Å². The number of rotatable bonds is 4. The minimum absolute atomic E-state index is 0.238. The lowest BCUT2D eigenvalue weighted by atomic mass is 10.2. The average molecular weight is 346 g/mol. The van der Waals surface area contributed by atoms with Gasteiger partial charge in [-0.1, -0.05) is 39.3 Å². The van der Waals surface area contributed by atoms with E-state index in [-0.39, 0.29) is 6.61 Å². The molecule has 1 heterocycles. The predicted octanol–water partition coefficient (Wildman–Crippen LogP) is 3.66. The minimum atomic E-state index is 0.238. The molecule has 0 aliphatic heterocycles. The molecule has 6 heteroatoms. The lowest BCUT2D eigenvalue weighted by Gasteiger charge is -2.01. The van der Waals surface area contributed by atoms with Gasteiger partial charge in [0.2, 0.25) is 5.82 Å². The van der Waals surface area contributed by atoms with E-state index in [0.29, 0.717) is 23.0 Å². The van der Waals surface area contributed by atoms with E-state index in [2.05, 4.69) is 26.1 Å². The van der Waals surface area contributed by atoms with Gasteiger partial charge in [-0.3, -0.25) is 0 Å². The molecule has 0 radical (unpaired) electrons. The molecule has 0 unspecified atom stereocenters. The molecular formula is C15H12BrN3O2. The van der Waals surface area contributed by atoms with Crippen LogP contribution in [-0.4, -0.2) is 10.1 Å². The summed E-state index contributed by atoms with van der Waals surface area (Å²) in [5.41, 5.74) is 7.19. The molecule has 0 spiro atoms. The van der Waals surface area contributed by atoms with Crippen LogP contribution in [0, 0.1) is 0 Å². The Morgan fingerprint density at radius 2 is 1.95 bits per heavy atom. The second-order valence-electron chi connectivity index (χ2n) is 4.35. The fourth-order valence-corrected chi connectivity index (χ4v) is 2.16. The summed E-state index contributed by atoms with van der Waals surface area (Å²) in [6.45, 7) is 0.238. The van der Waals surface area contributed by atoms with E-state index in [1.165, 1.54) is 0 Å². The van der Waals surface area contributed by atoms with Crippen molar-refractivity contribution in [3.8, 4) is 17.2 Å². The number of halogens is 1. The zero-order valence-corrected chi connectivity index (χ0v) is 12.6. The summed E-state index contributed by atoms with van der Waals surface area (Å²) < 4.78 is 11.7. The third kappa shape index (κ3) is 3.22. The van der Waals surface area contributed by atoms with Gasteiger partial charge in [0.1, 0.15) is 5.75 Å². The fourth-order valence-electron chi connectivity index (χ4n) is 1.80. The maximum atomic E-state index is 5.92. The second-order valence-corrected chi connectivity index (χ2v) is 5.26. The lowest BCUT2D eigenvalue weighted by molar-refractivity contribution is 0.287. The van der Waals surface area contributed by atoms with Gasteiger partial charge in [0.25, 0.3) is 5.89 Å². The Bertz CT molecular complexity index is 744. The standard InChI is InChI=1S/C15H12BrN3O2/c16-10-6-7-13(17)12(8-10)15-18-14(19-21-15)9-20-11-4-2-1-3-5-11/h1-8H,9,17H2. The van der Waals surface area contributed by atoms with Gasteiger partial charge < -0.3 is 15.0 Å². The quantitative estimate of drug-likeness (QED) is 0.730. The Labute approximate surface area is 129 Å². The summed E-state index contributed by atoms with van der Waals surface area (Å²) in [5, 5.41) is 3.90. The first-order valence-corrected chi connectivity index (χ1v) is 7.07. The average Bonchev–Trinajstić information content (AvgIpc) is 2.97. The molecule has 0 saturated heterocycles. The van der Waals surface area contributed by atoms with Gasteiger partial charge >= 0.3 is 0 Å². The van der Waals surface area contributed by atoms with Crippen molar-refractivity contribution in [1.29, 1.82) is 0 Å². The van der Waals surface area contributed by atoms with Crippen molar-refractivity contribution in [1.82, 2.24) is 10.1 Å². The van der Waals surface area contributed by atoms with Gasteiger partial charge in [0.05, 0.1) is 5.56 Å². The monoisotopic (exact) mass is 345 g/mol. The van der Waals surface area contributed by atoms with Crippen molar-refractivity contribution >= 4 is 21.6 Å². The molecular weight excluding hydrogens is 334 g/mol. The van der Waals surface area contributed by atoms with Gasteiger partial charge in [-0.15, -0.1) is 0 Å². The maximum absolute atomic E-state index is 5.92. The number of para-hydroxylation sites is 1. The summed E-state index contributed by atoms with van der Waals surface area (Å²) in [6, 6.07) is 14.9. The summed E-state index contributed by atoms with van der Waals surface area (Å²) in [7, 11) is 0. The topological polar surface area (TPSA) is 74.2 Å². The first kappa shape index (κ1) is 13.6. The van der Waals surface area contributed by atoms with E-state index < -0.39 is 0 Å². The zero-order chi connectivity index (χ0) is 14.7. The lowest BCUT2D eigenvalue weighted by Crippen LogP contribution is -1.97. The van der Waals surface area contributed by atoms with Crippen LogP contribution >= 0.6 is 15.9 Å². The van der Waals surface area contributed by atoms with E-state index in [1.807, 2.05) is 42.5 Å². The molecule has 0 saturated carbocycles. The number of hydrogen-bond acceptors (Lipinski definition) is 5. The van der Waals surface area contributed by atoms with Crippen LogP contribution in [0.15, 0.2) is 57.5 Å². The molecule has 0 bridgehead atoms. The summed E-state index contributed by atoms with van der Waals surface area (Å²) in [4.78, 5) is 4.29. The highest BCUT2D eigenvalue weighted by atomic mass is 79.9. The highest BCUT2D eigenvalue weighted by Gasteiger charge is 2.12. The van der Waals surface area contributed by atoms with Crippen LogP contribution < -0.4 is 10.5 Å². The molecule has 3 rings (SSSR count). The SMILES string of the molecule is Nc1ccc(Br)cc1-c1nc(COc2ccccc2)no1. The van der Waals surface area contributed by atoms with E-state index in [1.54, 1.807) is 6.07 Å². The van der Waals surface area contributed by atoms with Gasteiger partial charge in [0, 0.05) is 10.2 Å². The minimum Gasteiger partial charge on any atom is -0.485 e. The largest absolute Gasteiger partial charge is 0.485 e. The van der Waals surface area contributed by atoms with Crippen molar-refractivity contribution in [2.24, 2.45) is 0 Å². The van der Waals surface area contributed by atoms with E-state index >= 15 is 0 Å². The highest BCUT2D eigenvalue weighted by Crippen LogP contribution is 2.27. The molecule has 0 fully saturated rings. The molecule has 0 amide bonds. The Kier molecular flexibility index (Phi) is 3.87. The first-order valence-electron chi connectivity index (χ1n) is 6.28. The first-order chi connectivity index (χ1) is 10.2. The Balaban J connectivity index is 1.76. The van der Waals surface area contributed by atoms with Crippen molar-refractivity contribution < 1.29 is 9.26 Å². The Morgan fingerprint density at radius 3 is 2.76 bits per heavy atom. The van der Waals surface area contributed by atoms with Gasteiger partial charge in [-0.25, -0.2) is 0 Å². The van der Waals surface area contributed by atoms with Crippen LogP contribution in [0.3, 0.4) is 0 Å².